The molecule has 10 atom stereocenters. The molecule has 2 nitrogen and oxygen atoms in total. The van der Waals surface area contributed by atoms with Crippen LogP contribution in [0.3, 0.4) is 0 Å². The highest BCUT2D eigenvalue weighted by molar-refractivity contribution is 7.59. The molecule has 10 rings (SSSR count). The van der Waals surface area contributed by atoms with Crippen molar-refractivity contribution in [3.63, 3.8) is 0 Å². The molecule has 4 bridgehead atoms. The first kappa shape index (κ1) is 28.2. The number of allylic oxidation sites excluding steroid dienone is 2. The van der Waals surface area contributed by atoms with E-state index in [-0.39, 0.29) is 16.1 Å². The monoisotopic (exact) mass is 596 g/mol. The zero-order valence-electron chi connectivity index (χ0n) is 27.0. The fourth-order valence-electron chi connectivity index (χ4n) is 10.6. The second-order valence-corrected chi connectivity index (χ2v) is 19.8. The largest absolute Gasteiger partial charge is 0.263 e. The summed E-state index contributed by atoms with van der Waals surface area (Å²) < 4.78 is 6.19. The van der Waals surface area contributed by atoms with E-state index in [4.69, 9.17) is 0 Å². The van der Waals surface area contributed by atoms with Gasteiger partial charge in [0.25, 0.3) is 0 Å². The Morgan fingerprint density at radius 2 is 0.976 bits per heavy atom. The summed E-state index contributed by atoms with van der Waals surface area (Å²) in [4.78, 5) is 0. The lowest BCUT2D eigenvalue weighted by molar-refractivity contribution is -0.0255. The molecular formula is C38H50N2P2. The minimum Gasteiger partial charge on any atom is -0.263 e. The number of benzene rings is 2. The third-order valence-electron chi connectivity index (χ3n) is 13.6. The first-order chi connectivity index (χ1) is 20.0. The number of hydrogen-bond acceptors (Lipinski definition) is 2. The zero-order chi connectivity index (χ0) is 29.3. The molecule has 0 radical (unpaired) electrons. The highest BCUT2D eigenvalue weighted by atomic mass is 31.1. The Kier molecular flexibility index (Phi) is 6.44. The van der Waals surface area contributed by atoms with Crippen molar-refractivity contribution in [1.82, 2.24) is 9.34 Å². The highest BCUT2D eigenvalue weighted by Crippen LogP contribution is 2.77. The first-order valence-electron chi connectivity index (χ1n) is 16.6. The fourth-order valence-corrected chi connectivity index (χ4v) is 16.0. The Hall–Kier alpha value is -1.30. The molecular weight excluding hydrogens is 546 g/mol. The average Bonchev–Trinajstić information content (AvgIpc) is 3.47. The summed E-state index contributed by atoms with van der Waals surface area (Å²) in [5.74, 6) is 3.25. The summed E-state index contributed by atoms with van der Waals surface area (Å²) in [5, 5.41) is 3.78. The first-order valence-corrected chi connectivity index (χ1v) is 20.1. The smallest absolute Gasteiger partial charge is 0.0560 e. The summed E-state index contributed by atoms with van der Waals surface area (Å²) >= 11 is 0. The van der Waals surface area contributed by atoms with Gasteiger partial charge in [-0.1, -0.05) is 88.4 Å². The van der Waals surface area contributed by atoms with E-state index in [1.165, 1.54) is 36.8 Å². The van der Waals surface area contributed by atoms with E-state index in [2.05, 4.69) is 125 Å². The van der Waals surface area contributed by atoms with Gasteiger partial charge in [-0.15, -0.1) is 0 Å². The van der Waals surface area contributed by atoms with Gasteiger partial charge in [-0.3, -0.25) is 9.34 Å². The van der Waals surface area contributed by atoms with Crippen molar-refractivity contribution in [3.8, 4) is 0 Å². The van der Waals surface area contributed by atoms with Gasteiger partial charge >= 0.3 is 0 Å². The third-order valence-corrected chi connectivity index (χ3v) is 18.6. The van der Waals surface area contributed by atoms with Gasteiger partial charge in [0.05, 0.1) is 12.1 Å². The van der Waals surface area contributed by atoms with E-state index in [1.54, 1.807) is 0 Å². The second kappa shape index (κ2) is 9.60. The van der Waals surface area contributed by atoms with Crippen LogP contribution in [0, 0.1) is 34.5 Å². The summed E-state index contributed by atoms with van der Waals surface area (Å²) in [6, 6.07) is 24.8. The van der Waals surface area contributed by atoms with Crippen molar-refractivity contribution in [1.29, 1.82) is 0 Å². The molecule has 2 heterocycles. The summed E-state index contributed by atoms with van der Waals surface area (Å²) in [5.41, 5.74) is 7.68. The molecule has 8 aliphatic rings. The van der Waals surface area contributed by atoms with E-state index in [1.807, 2.05) is 21.8 Å². The van der Waals surface area contributed by atoms with Crippen molar-refractivity contribution in [2.45, 2.75) is 91.4 Å². The molecule has 0 saturated heterocycles. The lowest BCUT2D eigenvalue weighted by atomic mass is 9.46. The Bertz CT molecular complexity index is 1350. The van der Waals surface area contributed by atoms with Gasteiger partial charge in [-0.25, -0.2) is 0 Å². The number of rotatable bonds is 5. The molecule has 0 aromatic heterocycles. The summed E-state index contributed by atoms with van der Waals surface area (Å²) in [6.45, 7) is 20.7. The second-order valence-electron chi connectivity index (χ2n) is 15.7. The molecule has 2 aromatic rings. The SMILES string of the molecule is C[C@H](c1ccccc1)N1[C@@H]([C@H]2C3=C(C[C@H]4C[C@@H]3C4(C)C)[P@](C)N2[C@H](C)c2ccccc2)C2=C(C[C@H]3C[C@@H]2C3(C)C)[P@@]1C. The molecule has 2 aliphatic heterocycles. The predicted molar refractivity (Wildman–Crippen MR) is 181 cm³/mol. The quantitative estimate of drug-likeness (QED) is 0.317. The van der Waals surface area contributed by atoms with E-state index in [0.717, 1.165) is 23.7 Å². The normalized spacial score (nSPS) is 39.3. The molecule has 2 saturated carbocycles. The lowest BCUT2D eigenvalue weighted by Gasteiger charge is -2.60. The molecule has 42 heavy (non-hydrogen) atoms. The molecule has 222 valence electrons. The van der Waals surface area contributed by atoms with Crippen LogP contribution >= 0.6 is 16.1 Å². The van der Waals surface area contributed by atoms with Crippen LogP contribution in [0.5, 0.6) is 0 Å². The van der Waals surface area contributed by atoms with E-state index < -0.39 is 0 Å². The number of nitrogens with zero attached hydrogens (tertiary/aromatic N) is 2. The maximum atomic E-state index is 3.10. The minimum atomic E-state index is -0.328. The zero-order valence-corrected chi connectivity index (χ0v) is 28.8. The van der Waals surface area contributed by atoms with E-state index in [9.17, 15) is 0 Å². The van der Waals surface area contributed by atoms with Gasteiger partial charge in [-0.2, -0.15) is 0 Å². The van der Waals surface area contributed by atoms with Crippen LogP contribution in [0.1, 0.15) is 90.4 Å². The van der Waals surface area contributed by atoms with Gasteiger partial charge in [-0.05, 0) is 136 Å². The van der Waals surface area contributed by atoms with Crippen LogP contribution in [0.2, 0.25) is 0 Å². The van der Waals surface area contributed by atoms with E-state index >= 15 is 0 Å². The Balaban J connectivity index is 1.32. The van der Waals surface area contributed by atoms with Gasteiger partial charge in [0, 0.05) is 12.1 Å². The van der Waals surface area contributed by atoms with E-state index in [0.29, 0.717) is 35.0 Å². The summed E-state index contributed by atoms with van der Waals surface area (Å²) in [7, 11) is -0.656. The fraction of sp³-hybridized carbons (Fsp3) is 0.579. The third kappa shape index (κ3) is 3.65. The summed E-state index contributed by atoms with van der Waals surface area (Å²) in [6.07, 6.45) is 5.54. The molecule has 0 N–H and O–H groups in total. The molecule has 4 heteroatoms. The van der Waals surface area contributed by atoms with Crippen LogP contribution in [0.4, 0.5) is 0 Å². The molecule has 2 fully saturated rings. The topological polar surface area (TPSA) is 6.48 Å². The van der Waals surface area contributed by atoms with Gasteiger partial charge in [0.2, 0.25) is 0 Å². The maximum Gasteiger partial charge on any atom is 0.0560 e. The van der Waals surface area contributed by atoms with Crippen molar-refractivity contribution < 1.29 is 0 Å². The Morgan fingerprint density at radius 1 is 0.619 bits per heavy atom. The van der Waals surface area contributed by atoms with Gasteiger partial charge < -0.3 is 0 Å². The van der Waals surface area contributed by atoms with Crippen molar-refractivity contribution in [2.75, 3.05) is 13.3 Å². The van der Waals surface area contributed by atoms with Crippen molar-refractivity contribution >= 4 is 16.1 Å². The highest BCUT2D eigenvalue weighted by Gasteiger charge is 2.65. The van der Waals surface area contributed by atoms with Crippen molar-refractivity contribution in [3.05, 3.63) is 93.6 Å². The van der Waals surface area contributed by atoms with Crippen LogP contribution in [0.25, 0.3) is 0 Å². The molecule has 0 spiro atoms. The predicted octanol–water partition coefficient (Wildman–Crippen LogP) is 10.6. The Labute approximate surface area is 257 Å². The van der Waals surface area contributed by atoms with Gasteiger partial charge in [0.15, 0.2) is 0 Å². The maximum absolute atomic E-state index is 3.10. The van der Waals surface area contributed by atoms with Crippen LogP contribution in [0.15, 0.2) is 82.4 Å². The van der Waals surface area contributed by atoms with Crippen LogP contribution < -0.4 is 0 Å². The molecule has 2 aromatic carbocycles. The number of hydrogen-bond donors (Lipinski definition) is 0. The standard InChI is InChI=1S/C38H50N2P2/c1-23(25-15-11-9-12-16-25)39-35(33-29-19-27(37(29,3)4)21-31(33)41(39)7)36-34-30-20-28(38(30,5)6)22-32(34)42(8)40(36)24(2)26-17-13-10-14-18-26/h9-18,23-24,27-30,35-36H,19-22H2,1-8H3/t23-,24-,27-,28-,29+,30+,35-,36-,41-,42+/m1/s1. The average molecular weight is 597 g/mol. The van der Waals surface area contributed by atoms with Crippen LogP contribution in [-0.4, -0.2) is 34.8 Å². The minimum absolute atomic E-state index is 0.328. The molecule has 6 aliphatic carbocycles. The molecule has 0 amide bonds. The van der Waals surface area contributed by atoms with Gasteiger partial charge in [0.1, 0.15) is 0 Å². The lowest BCUT2D eigenvalue weighted by Crippen LogP contribution is -2.57. The van der Waals surface area contributed by atoms with Crippen molar-refractivity contribution in [2.24, 2.45) is 34.5 Å². The Morgan fingerprint density at radius 3 is 1.31 bits per heavy atom. The van der Waals surface area contributed by atoms with Crippen LogP contribution in [-0.2, 0) is 0 Å². The molecule has 0 unspecified atom stereocenters.